The first-order chi connectivity index (χ1) is 9.48. The summed E-state index contributed by atoms with van der Waals surface area (Å²) in [7, 11) is 0. The van der Waals surface area contributed by atoms with Gasteiger partial charge in [-0.2, -0.15) is 0 Å². The van der Waals surface area contributed by atoms with E-state index >= 15 is 0 Å². The molecule has 2 atom stereocenters. The molecule has 1 aliphatic rings. The molecule has 4 heteroatoms. The lowest BCUT2D eigenvalue weighted by Gasteiger charge is -2.39. The van der Waals surface area contributed by atoms with Crippen LogP contribution in [0.4, 0.5) is 0 Å². The van der Waals surface area contributed by atoms with Crippen molar-refractivity contribution in [3.63, 3.8) is 0 Å². The molecule has 1 aromatic rings. The van der Waals surface area contributed by atoms with Crippen molar-refractivity contribution < 1.29 is 10.2 Å². The molecule has 0 fully saturated rings. The number of hydrogen-bond donors (Lipinski definition) is 3. The van der Waals surface area contributed by atoms with Crippen LogP contribution < -0.4 is 5.73 Å². The monoisotopic (exact) mass is 274 g/mol. The van der Waals surface area contributed by atoms with Crippen molar-refractivity contribution in [3.8, 4) is 0 Å². The standard InChI is InChI=1S/C16H22N2O2/c1-4-18(11(9-17)10-19)14-12-7-5-6-8-13(12)15(20)16(14,2)3/h4-9,14-15,19-20H,1,10,17H2,2-3H3/b11-9-. The quantitative estimate of drug-likeness (QED) is 0.786. The largest absolute Gasteiger partial charge is 0.403 e. The lowest BCUT2D eigenvalue weighted by molar-refractivity contribution is 0.0163. The maximum atomic E-state index is 10.6. The third-order valence-corrected chi connectivity index (χ3v) is 4.16. The van der Waals surface area contributed by atoms with Crippen LogP contribution >= 0.6 is 0 Å². The van der Waals surface area contributed by atoms with Gasteiger partial charge in [0.25, 0.3) is 0 Å². The summed E-state index contributed by atoms with van der Waals surface area (Å²) in [4.78, 5) is 1.84. The van der Waals surface area contributed by atoms with Gasteiger partial charge in [-0.3, -0.25) is 0 Å². The molecule has 2 unspecified atom stereocenters. The molecule has 1 aliphatic carbocycles. The molecule has 0 aliphatic heterocycles. The summed E-state index contributed by atoms with van der Waals surface area (Å²) in [6.07, 6.45) is 2.46. The predicted octanol–water partition coefficient (Wildman–Crippen LogP) is 2.04. The maximum Gasteiger partial charge on any atom is 0.0867 e. The zero-order chi connectivity index (χ0) is 14.9. The van der Waals surface area contributed by atoms with E-state index in [-0.39, 0.29) is 12.6 Å². The molecule has 108 valence electrons. The van der Waals surface area contributed by atoms with E-state index in [1.165, 1.54) is 6.20 Å². The van der Waals surface area contributed by atoms with Crippen LogP contribution in [0.25, 0.3) is 0 Å². The average molecular weight is 274 g/mol. The van der Waals surface area contributed by atoms with Gasteiger partial charge in [0.05, 0.1) is 24.4 Å². The number of fused-ring (bicyclic) bond motifs is 1. The predicted molar refractivity (Wildman–Crippen MR) is 79.3 cm³/mol. The van der Waals surface area contributed by atoms with Gasteiger partial charge in [-0.1, -0.05) is 44.7 Å². The van der Waals surface area contributed by atoms with Crippen LogP contribution in [0.3, 0.4) is 0 Å². The van der Waals surface area contributed by atoms with E-state index in [0.717, 1.165) is 11.1 Å². The second-order valence-corrected chi connectivity index (χ2v) is 5.66. The van der Waals surface area contributed by atoms with Crippen molar-refractivity contribution in [2.24, 2.45) is 11.1 Å². The fourth-order valence-corrected chi connectivity index (χ4v) is 3.08. The second kappa shape index (κ2) is 5.31. The molecule has 4 N–H and O–H groups in total. The first kappa shape index (κ1) is 14.6. The Morgan fingerprint density at radius 1 is 1.40 bits per heavy atom. The highest BCUT2D eigenvalue weighted by Gasteiger charge is 2.48. The fourth-order valence-electron chi connectivity index (χ4n) is 3.08. The van der Waals surface area contributed by atoms with E-state index in [2.05, 4.69) is 6.58 Å². The molecule has 0 saturated carbocycles. The molecule has 20 heavy (non-hydrogen) atoms. The first-order valence-electron chi connectivity index (χ1n) is 6.68. The number of aliphatic hydroxyl groups is 2. The van der Waals surface area contributed by atoms with E-state index in [4.69, 9.17) is 5.73 Å². The number of nitrogens with two attached hydrogens (primary N) is 1. The third kappa shape index (κ3) is 2.01. The van der Waals surface area contributed by atoms with Crippen molar-refractivity contribution in [2.45, 2.75) is 26.0 Å². The van der Waals surface area contributed by atoms with Gasteiger partial charge in [0.1, 0.15) is 0 Å². The third-order valence-electron chi connectivity index (χ3n) is 4.16. The highest BCUT2D eigenvalue weighted by Crippen LogP contribution is 2.55. The van der Waals surface area contributed by atoms with Crippen molar-refractivity contribution in [2.75, 3.05) is 6.61 Å². The summed E-state index contributed by atoms with van der Waals surface area (Å²) in [6.45, 7) is 7.66. The normalized spacial score (nSPS) is 24.3. The fraction of sp³-hybridized carbons (Fsp3) is 0.375. The van der Waals surface area contributed by atoms with E-state index in [9.17, 15) is 10.2 Å². The van der Waals surface area contributed by atoms with Crippen molar-refractivity contribution in [3.05, 3.63) is 60.1 Å². The van der Waals surface area contributed by atoms with E-state index in [1.54, 1.807) is 6.20 Å². The topological polar surface area (TPSA) is 69.7 Å². The summed E-state index contributed by atoms with van der Waals surface area (Å²) >= 11 is 0. The SMILES string of the molecule is C=CN(/C(=C\N)CO)C1c2ccccc2C(O)C1(C)C. The van der Waals surface area contributed by atoms with Gasteiger partial charge in [0.2, 0.25) is 0 Å². The van der Waals surface area contributed by atoms with Gasteiger partial charge in [0.15, 0.2) is 0 Å². The van der Waals surface area contributed by atoms with Gasteiger partial charge in [-0.05, 0) is 17.3 Å². The number of benzene rings is 1. The molecular weight excluding hydrogens is 252 g/mol. The van der Waals surface area contributed by atoms with E-state index in [0.29, 0.717) is 5.70 Å². The van der Waals surface area contributed by atoms with Gasteiger partial charge in [0, 0.05) is 11.6 Å². The van der Waals surface area contributed by atoms with Crippen molar-refractivity contribution in [1.82, 2.24) is 4.90 Å². The van der Waals surface area contributed by atoms with Crippen LogP contribution in [0.2, 0.25) is 0 Å². The summed E-state index contributed by atoms with van der Waals surface area (Å²) < 4.78 is 0. The Morgan fingerprint density at radius 2 is 2.00 bits per heavy atom. The Hall–Kier alpha value is -1.78. The van der Waals surface area contributed by atoms with Crippen LogP contribution in [0.15, 0.2) is 48.9 Å². The Bertz CT molecular complexity index is 537. The lowest BCUT2D eigenvalue weighted by Crippen LogP contribution is -2.34. The molecule has 0 radical (unpaired) electrons. The Morgan fingerprint density at radius 3 is 2.50 bits per heavy atom. The molecular formula is C16H22N2O2. The van der Waals surface area contributed by atoms with Crippen LogP contribution in [0.5, 0.6) is 0 Å². The van der Waals surface area contributed by atoms with Gasteiger partial charge in [-0.25, -0.2) is 0 Å². The average Bonchev–Trinajstić information content (AvgIpc) is 2.65. The van der Waals surface area contributed by atoms with Crippen LogP contribution in [0, 0.1) is 5.41 Å². The van der Waals surface area contributed by atoms with Gasteiger partial charge in [-0.15, -0.1) is 0 Å². The molecule has 0 spiro atoms. The van der Waals surface area contributed by atoms with Gasteiger partial charge >= 0.3 is 0 Å². The summed E-state index contributed by atoms with van der Waals surface area (Å²) in [5.41, 5.74) is 7.71. The van der Waals surface area contributed by atoms with Crippen molar-refractivity contribution >= 4 is 0 Å². The van der Waals surface area contributed by atoms with Crippen LogP contribution in [-0.4, -0.2) is 21.7 Å². The van der Waals surface area contributed by atoms with Gasteiger partial charge < -0.3 is 20.8 Å². The number of aliphatic hydroxyl groups excluding tert-OH is 2. The maximum absolute atomic E-state index is 10.6. The highest BCUT2D eigenvalue weighted by atomic mass is 16.3. The Kier molecular flexibility index (Phi) is 3.88. The smallest absolute Gasteiger partial charge is 0.0867 e. The molecule has 4 nitrogen and oxygen atoms in total. The molecule has 2 rings (SSSR count). The molecule has 1 aromatic carbocycles. The number of nitrogens with zero attached hydrogens (tertiary/aromatic N) is 1. The second-order valence-electron chi connectivity index (χ2n) is 5.66. The molecule has 0 bridgehead atoms. The lowest BCUT2D eigenvalue weighted by atomic mass is 9.82. The van der Waals surface area contributed by atoms with E-state index in [1.807, 2.05) is 43.0 Å². The summed E-state index contributed by atoms with van der Waals surface area (Å²) in [6, 6.07) is 7.69. The van der Waals surface area contributed by atoms with E-state index < -0.39 is 11.5 Å². The molecule has 0 saturated heterocycles. The summed E-state index contributed by atoms with van der Waals surface area (Å²) in [5.74, 6) is 0. The number of rotatable bonds is 4. The van der Waals surface area contributed by atoms with Crippen molar-refractivity contribution in [1.29, 1.82) is 0 Å². The minimum atomic E-state index is -0.566. The molecule has 0 heterocycles. The minimum Gasteiger partial charge on any atom is -0.403 e. The molecule has 0 amide bonds. The first-order valence-corrected chi connectivity index (χ1v) is 6.68. The van der Waals surface area contributed by atoms with Crippen LogP contribution in [-0.2, 0) is 0 Å². The zero-order valence-corrected chi connectivity index (χ0v) is 12.0. The Labute approximate surface area is 119 Å². The number of hydrogen-bond acceptors (Lipinski definition) is 4. The molecule has 0 aromatic heterocycles. The minimum absolute atomic E-state index is 0.117. The van der Waals surface area contributed by atoms with Crippen LogP contribution in [0.1, 0.15) is 37.1 Å². The highest BCUT2D eigenvalue weighted by molar-refractivity contribution is 5.41. The zero-order valence-electron chi connectivity index (χ0n) is 12.0. The Balaban J connectivity index is 2.57. The summed E-state index contributed by atoms with van der Waals surface area (Å²) in [5, 5.41) is 20.0.